The zero-order valence-electron chi connectivity index (χ0n) is 21.5. The Kier molecular flexibility index (Phi) is 25.5. The van der Waals surface area contributed by atoms with E-state index in [1.54, 1.807) is 7.11 Å². The van der Waals surface area contributed by atoms with E-state index in [0.29, 0.717) is 119 Å². The normalized spacial score (nSPS) is 11.3. The predicted octanol–water partition coefficient (Wildman–Crippen LogP) is 2.45. The summed E-state index contributed by atoms with van der Waals surface area (Å²) in [7, 11) is 1.65. The number of hydrogen-bond acceptors (Lipinski definition) is 10. The summed E-state index contributed by atoms with van der Waals surface area (Å²) in [6.07, 6.45) is 0. The van der Waals surface area contributed by atoms with Crippen molar-refractivity contribution >= 4 is 22.6 Å². The molecular formula is C25H43IO10. The molecule has 0 aliphatic carbocycles. The van der Waals surface area contributed by atoms with Crippen LogP contribution in [0.3, 0.4) is 0 Å². The lowest BCUT2D eigenvalue weighted by Crippen LogP contribution is -2.15. The molecule has 0 fully saturated rings. The van der Waals surface area contributed by atoms with Crippen molar-refractivity contribution in [2.45, 2.75) is 0 Å². The van der Waals surface area contributed by atoms with Crippen molar-refractivity contribution in [3.05, 3.63) is 27.8 Å². The quantitative estimate of drug-likeness (QED) is 0.102. The first kappa shape index (κ1) is 33.4. The molecule has 210 valence electrons. The zero-order chi connectivity index (χ0) is 25.8. The summed E-state index contributed by atoms with van der Waals surface area (Å²) >= 11 is 2.26. The molecule has 36 heavy (non-hydrogen) atoms. The molecule has 0 aliphatic heterocycles. The predicted molar refractivity (Wildman–Crippen MR) is 143 cm³/mol. The number of rotatable bonds is 28. The molecule has 1 aromatic carbocycles. The van der Waals surface area contributed by atoms with Crippen LogP contribution in [0.15, 0.2) is 24.3 Å². The summed E-state index contributed by atoms with van der Waals surface area (Å²) in [5, 5.41) is 0. The molecule has 11 heteroatoms. The van der Waals surface area contributed by atoms with Gasteiger partial charge in [0.15, 0.2) is 0 Å². The minimum Gasteiger partial charge on any atom is -0.491 e. The summed E-state index contributed by atoms with van der Waals surface area (Å²) < 4.78 is 55.1. The molecule has 0 saturated heterocycles. The number of hydrogen-bond donors (Lipinski definition) is 0. The lowest BCUT2D eigenvalue weighted by Gasteiger charge is -2.09. The van der Waals surface area contributed by atoms with Crippen molar-refractivity contribution in [3.8, 4) is 5.75 Å². The molecule has 0 amide bonds. The first-order chi connectivity index (χ1) is 17.8. The Balaban J connectivity index is 1.65. The van der Waals surface area contributed by atoms with Gasteiger partial charge in [0.05, 0.1) is 112 Å². The standard InChI is InChI=1S/C25H43IO10/c1-27-6-7-28-8-9-29-10-11-30-12-13-31-14-15-32-16-17-33-18-19-34-20-21-35-22-23-36-25-4-2-24(26)3-5-25/h2-5H,6-23H2,1H3. The summed E-state index contributed by atoms with van der Waals surface area (Å²) in [6.45, 7) is 9.70. The Morgan fingerprint density at radius 2 is 0.694 bits per heavy atom. The highest BCUT2D eigenvalue weighted by Crippen LogP contribution is 2.13. The average Bonchev–Trinajstić information content (AvgIpc) is 2.89. The Morgan fingerprint density at radius 1 is 0.417 bits per heavy atom. The Labute approximate surface area is 229 Å². The number of ether oxygens (including phenoxy) is 10. The molecule has 0 radical (unpaired) electrons. The smallest absolute Gasteiger partial charge is 0.119 e. The Hall–Kier alpha value is -0.610. The molecule has 0 heterocycles. The molecule has 1 aromatic rings. The van der Waals surface area contributed by atoms with Crippen molar-refractivity contribution < 1.29 is 47.4 Å². The van der Waals surface area contributed by atoms with Gasteiger partial charge in [-0.2, -0.15) is 0 Å². The SMILES string of the molecule is COCCOCCOCCOCCOCCOCCOCCOCCOCCOc1ccc(I)cc1. The van der Waals surface area contributed by atoms with Crippen LogP contribution in [-0.2, 0) is 42.6 Å². The first-order valence-corrected chi connectivity index (χ1v) is 13.4. The summed E-state index contributed by atoms with van der Waals surface area (Å²) in [5.41, 5.74) is 0. The van der Waals surface area contributed by atoms with Gasteiger partial charge in [-0.15, -0.1) is 0 Å². The fraction of sp³-hybridized carbons (Fsp3) is 0.760. The average molecular weight is 631 g/mol. The Bertz CT molecular complexity index is 564. The maximum Gasteiger partial charge on any atom is 0.119 e. The summed E-state index contributed by atoms with van der Waals surface area (Å²) in [6, 6.07) is 7.92. The van der Waals surface area contributed by atoms with Gasteiger partial charge >= 0.3 is 0 Å². The van der Waals surface area contributed by atoms with Crippen LogP contribution in [0.2, 0.25) is 0 Å². The van der Waals surface area contributed by atoms with E-state index in [1.165, 1.54) is 3.57 Å². The third-order valence-electron chi connectivity index (χ3n) is 4.35. The third-order valence-corrected chi connectivity index (χ3v) is 5.07. The third kappa shape index (κ3) is 23.8. The maximum absolute atomic E-state index is 5.59. The highest BCUT2D eigenvalue weighted by atomic mass is 127. The number of methoxy groups -OCH3 is 1. The number of halogens is 1. The van der Waals surface area contributed by atoms with E-state index in [-0.39, 0.29) is 0 Å². The van der Waals surface area contributed by atoms with Gasteiger partial charge in [0.2, 0.25) is 0 Å². The van der Waals surface area contributed by atoms with E-state index in [4.69, 9.17) is 47.4 Å². The van der Waals surface area contributed by atoms with Gasteiger partial charge in [0.25, 0.3) is 0 Å². The largest absolute Gasteiger partial charge is 0.491 e. The van der Waals surface area contributed by atoms with E-state index in [2.05, 4.69) is 22.6 Å². The van der Waals surface area contributed by atoms with E-state index in [9.17, 15) is 0 Å². The fourth-order valence-corrected chi connectivity index (χ4v) is 2.89. The summed E-state index contributed by atoms with van der Waals surface area (Å²) in [4.78, 5) is 0. The minimum absolute atomic E-state index is 0.519. The summed E-state index contributed by atoms with van der Waals surface area (Å²) in [5.74, 6) is 0.850. The molecule has 0 saturated carbocycles. The second kappa shape index (κ2) is 27.4. The van der Waals surface area contributed by atoms with Gasteiger partial charge in [0, 0.05) is 10.7 Å². The van der Waals surface area contributed by atoms with Crippen LogP contribution in [-0.4, -0.2) is 126 Å². The fourth-order valence-electron chi connectivity index (χ4n) is 2.53. The molecule has 0 aliphatic rings. The van der Waals surface area contributed by atoms with Crippen LogP contribution in [0.4, 0.5) is 0 Å². The monoisotopic (exact) mass is 630 g/mol. The molecule has 0 atom stereocenters. The van der Waals surface area contributed by atoms with Gasteiger partial charge in [-0.25, -0.2) is 0 Å². The highest BCUT2D eigenvalue weighted by Gasteiger charge is 1.96. The maximum atomic E-state index is 5.59. The lowest BCUT2D eigenvalue weighted by molar-refractivity contribution is -0.0247. The molecular weight excluding hydrogens is 587 g/mol. The van der Waals surface area contributed by atoms with Crippen LogP contribution in [0.5, 0.6) is 5.75 Å². The minimum atomic E-state index is 0.519. The van der Waals surface area contributed by atoms with Gasteiger partial charge in [-0.3, -0.25) is 0 Å². The molecule has 0 bridgehead atoms. The zero-order valence-corrected chi connectivity index (χ0v) is 23.7. The number of benzene rings is 1. The molecule has 10 nitrogen and oxygen atoms in total. The molecule has 0 unspecified atom stereocenters. The molecule has 0 N–H and O–H groups in total. The van der Waals surface area contributed by atoms with Crippen molar-refractivity contribution in [1.82, 2.24) is 0 Å². The second-order valence-corrected chi connectivity index (χ2v) is 8.44. The van der Waals surface area contributed by atoms with Gasteiger partial charge < -0.3 is 47.4 Å². The van der Waals surface area contributed by atoms with Crippen LogP contribution in [0.1, 0.15) is 0 Å². The van der Waals surface area contributed by atoms with E-state index in [1.807, 2.05) is 24.3 Å². The van der Waals surface area contributed by atoms with E-state index >= 15 is 0 Å². The Morgan fingerprint density at radius 3 is 1.00 bits per heavy atom. The first-order valence-electron chi connectivity index (χ1n) is 12.3. The van der Waals surface area contributed by atoms with Crippen LogP contribution >= 0.6 is 22.6 Å². The van der Waals surface area contributed by atoms with Gasteiger partial charge in [-0.05, 0) is 46.9 Å². The van der Waals surface area contributed by atoms with Crippen molar-refractivity contribution in [2.75, 3.05) is 126 Å². The van der Waals surface area contributed by atoms with Crippen LogP contribution in [0.25, 0.3) is 0 Å². The topological polar surface area (TPSA) is 92.3 Å². The highest BCUT2D eigenvalue weighted by molar-refractivity contribution is 14.1. The molecule has 0 aromatic heterocycles. The van der Waals surface area contributed by atoms with Crippen LogP contribution in [0, 0.1) is 3.57 Å². The van der Waals surface area contributed by atoms with E-state index in [0.717, 1.165) is 5.75 Å². The van der Waals surface area contributed by atoms with Gasteiger partial charge in [-0.1, -0.05) is 0 Å². The second-order valence-electron chi connectivity index (χ2n) is 7.19. The lowest BCUT2D eigenvalue weighted by atomic mass is 10.3. The molecule has 0 spiro atoms. The molecule has 1 rings (SSSR count). The van der Waals surface area contributed by atoms with E-state index < -0.39 is 0 Å². The van der Waals surface area contributed by atoms with Crippen molar-refractivity contribution in [3.63, 3.8) is 0 Å². The van der Waals surface area contributed by atoms with Crippen molar-refractivity contribution in [2.24, 2.45) is 0 Å². The van der Waals surface area contributed by atoms with Crippen molar-refractivity contribution in [1.29, 1.82) is 0 Å². The van der Waals surface area contributed by atoms with Gasteiger partial charge in [0.1, 0.15) is 12.4 Å². The van der Waals surface area contributed by atoms with Crippen LogP contribution < -0.4 is 4.74 Å².